The van der Waals surface area contributed by atoms with Crippen molar-refractivity contribution in [2.45, 2.75) is 0 Å². The van der Waals surface area contributed by atoms with E-state index >= 15 is 0 Å². The van der Waals surface area contributed by atoms with Gasteiger partial charge in [-0.15, -0.1) is 0 Å². The van der Waals surface area contributed by atoms with E-state index in [0.717, 1.165) is 0 Å². The van der Waals surface area contributed by atoms with Gasteiger partial charge in [-0.25, -0.2) is 4.79 Å². The number of rotatable bonds is 1. The van der Waals surface area contributed by atoms with Crippen molar-refractivity contribution in [2.75, 3.05) is 5.73 Å². The standard InChI is InChI=1S/C7H7NO2.2Na.2H/c8-6-4-2-1-3-5(6)7(9)10;;;;/h1-4H,8H2,(H,9,10);;;;. The molecule has 5 heteroatoms. The fourth-order valence-corrected chi connectivity index (χ4v) is 0.692. The molecule has 1 aromatic carbocycles. The summed E-state index contributed by atoms with van der Waals surface area (Å²) < 4.78 is 0. The summed E-state index contributed by atoms with van der Waals surface area (Å²) in [4.78, 5) is 10.3. The van der Waals surface area contributed by atoms with Gasteiger partial charge in [0.05, 0.1) is 5.56 Å². The summed E-state index contributed by atoms with van der Waals surface area (Å²) >= 11 is 0. The van der Waals surface area contributed by atoms with Crippen molar-refractivity contribution in [3.8, 4) is 0 Å². The van der Waals surface area contributed by atoms with Crippen molar-refractivity contribution in [3.63, 3.8) is 0 Å². The van der Waals surface area contributed by atoms with Crippen molar-refractivity contribution in [1.29, 1.82) is 0 Å². The second-order valence-electron chi connectivity index (χ2n) is 1.89. The molecule has 0 atom stereocenters. The molecule has 0 spiro atoms. The molecule has 3 N–H and O–H groups in total. The van der Waals surface area contributed by atoms with Crippen LogP contribution in [-0.2, 0) is 0 Å². The third-order valence-electron chi connectivity index (χ3n) is 1.19. The van der Waals surface area contributed by atoms with E-state index < -0.39 is 5.97 Å². The van der Waals surface area contributed by atoms with Crippen molar-refractivity contribution in [1.82, 2.24) is 0 Å². The van der Waals surface area contributed by atoms with Gasteiger partial charge in [0.1, 0.15) is 0 Å². The van der Waals surface area contributed by atoms with Gasteiger partial charge in [0.15, 0.2) is 0 Å². The van der Waals surface area contributed by atoms with Gasteiger partial charge in [0, 0.05) is 5.69 Å². The zero-order valence-electron chi connectivity index (χ0n) is 5.24. The molecule has 0 aliphatic heterocycles. The molecular formula is C7H9NNa2O2. The molecule has 0 fully saturated rings. The van der Waals surface area contributed by atoms with Crippen LogP contribution in [0.1, 0.15) is 10.4 Å². The van der Waals surface area contributed by atoms with Crippen LogP contribution in [0.15, 0.2) is 24.3 Å². The molecule has 0 saturated carbocycles. The Hall–Kier alpha value is 0.490. The first-order valence-corrected chi connectivity index (χ1v) is 2.79. The Balaban J connectivity index is 0. The van der Waals surface area contributed by atoms with Gasteiger partial charge in [-0.1, -0.05) is 12.1 Å². The molecule has 0 saturated heterocycles. The molecule has 56 valence electrons. The summed E-state index contributed by atoms with van der Waals surface area (Å²) in [6.45, 7) is 0. The molecule has 0 unspecified atom stereocenters. The van der Waals surface area contributed by atoms with Gasteiger partial charge in [-0.05, 0) is 12.1 Å². The first kappa shape index (κ1) is 15.0. The second kappa shape index (κ2) is 6.95. The number of carboxylic acids is 1. The number of carbonyl (C=O) groups is 1. The van der Waals surface area contributed by atoms with Crippen LogP contribution in [0.2, 0.25) is 0 Å². The van der Waals surface area contributed by atoms with Crippen LogP contribution in [0.4, 0.5) is 5.69 Å². The van der Waals surface area contributed by atoms with Gasteiger partial charge >= 0.3 is 65.1 Å². The van der Waals surface area contributed by atoms with Crippen LogP contribution in [0.25, 0.3) is 0 Å². The molecule has 0 amide bonds. The second-order valence-corrected chi connectivity index (χ2v) is 1.89. The SMILES string of the molecule is Nc1ccccc1C(=O)O.[NaH].[NaH]. The zero-order chi connectivity index (χ0) is 7.56. The number of nitrogens with two attached hydrogens (primary N) is 1. The van der Waals surface area contributed by atoms with Gasteiger partial charge in [-0.3, -0.25) is 0 Å². The Kier molecular flexibility index (Phi) is 8.68. The minimum absolute atomic E-state index is 0. The van der Waals surface area contributed by atoms with E-state index in [-0.39, 0.29) is 64.7 Å². The number of aromatic carboxylic acids is 1. The summed E-state index contributed by atoms with van der Waals surface area (Å²) in [5, 5.41) is 8.49. The van der Waals surface area contributed by atoms with Crippen LogP contribution in [0.3, 0.4) is 0 Å². The van der Waals surface area contributed by atoms with Crippen molar-refractivity contribution in [3.05, 3.63) is 29.8 Å². The Morgan fingerprint density at radius 3 is 2.08 bits per heavy atom. The van der Waals surface area contributed by atoms with E-state index in [1.807, 2.05) is 0 Å². The summed E-state index contributed by atoms with van der Waals surface area (Å²) in [5.74, 6) is -0.988. The summed E-state index contributed by atoms with van der Waals surface area (Å²) in [6, 6.07) is 6.36. The van der Waals surface area contributed by atoms with E-state index in [1.165, 1.54) is 6.07 Å². The van der Waals surface area contributed by atoms with Crippen molar-refractivity contribution < 1.29 is 9.90 Å². The van der Waals surface area contributed by atoms with Crippen LogP contribution < -0.4 is 5.73 Å². The number of carboxylic acid groups (broad SMARTS) is 1. The number of hydrogen-bond donors (Lipinski definition) is 2. The number of anilines is 1. The normalized spacial score (nSPS) is 7.67. The minimum atomic E-state index is -0.988. The van der Waals surface area contributed by atoms with Crippen molar-refractivity contribution >= 4 is 70.8 Å². The molecule has 0 aliphatic carbocycles. The molecule has 0 bridgehead atoms. The number of hydrogen-bond acceptors (Lipinski definition) is 2. The molecule has 1 aromatic rings. The number of para-hydroxylation sites is 1. The topological polar surface area (TPSA) is 63.3 Å². The molecular weight excluding hydrogens is 176 g/mol. The average molecular weight is 185 g/mol. The van der Waals surface area contributed by atoms with E-state index in [9.17, 15) is 4.79 Å². The summed E-state index contributed by atoms with van der Waals surface area (Å²) in [7, 11) is 0. The third kappa shape index (κ3) is 3.94. The van der Waals surface area contributed by atoms with Crippen molar-refractivity contribution in [2.24, 2.45) is 0 Å². The van der Waals surface area contributed by atoms with Crippen LogP contribution in [-0.4, -0.2) is 70.2 Å². The fraction of sp³-hybridized carbons (Fsp3) is 0. The van der Waals surface area contributed by atoms with Crippen LogP contribution in [0.5, 0.6) is 0 Å². The van der Waals surface area contributed by atoms with Gasteiger partial charge in [-0.2, -0.15) is 0 Å². The van der Waals surface area contributed by atoms with E-state index in [4.69, 9.17) is 10.8 Å². The number of benzene rings is 1. The predicted octanol–water partition coefficient (Wildman–Crippen LogP) is -0.330. The van der Waals surface area contributed by atoms with E-state index in [2.05, 4.69) is 0 Å². The first-order valence-electron chi connectivity index (χ1n) is 2.79. The Bertz CT molecular complexity index is 265. The molecule has 0 radical (unpaired) electrons. The Morgan fingerprint density at radius 1 is 1.25 bits per heavy atom. The maximum atomic E-state index is 10.3. The number of nitrogen functional groups attached to an aromatic ring is 1. The molecule has 0 aromatic heterocycles. The van der Waals surface area contributed by atoms with Crippen LogP contribution >= 0.6 is 0 Å². The Morgan fingerprint density at radius 2 is 1.75 bits per heavy atom. The summed E-state index contributed by atoms with van der Waals surface area (Å²) in [5.41, 5.74) is 5.80. The molecule has 0 heterocycles. The van der Waals surface area contributed by atoms with E-state index in [1.54, 1.807) is 18.2 Å². The van der Waals surface area contributed by atoms with Crippen LogP contribution in [0, 0.1) is 0 Å². The molecule has 0 aliphatic rings. The maximum absolute atomic E-state index is 10.3. The fourth-order valence-electron chi connectivity index (χ4n) is 0.692. The predicted molar refractivity (Wildman–Crippen MR) is 52.1 cm³/mol. The molecule has 12 heavy (non-hydrogen) atoms. The average Bonchev–Trinajstić information content (AvgIpc) is 1.88. The Labute approximate surface area is 115 Å². The first-order chi connectivity index (χ1) is 4.72. The van der Waals surface area contributed by atoms with E-state index in [0.29, 0.717) is 5.69 Å². The molecule has 3 nitrogen and oxygen atoms in total. The van der Waals surface area contributed by atoms with Gasteiger partial charge in [0.25, 0.3) is 0 Å². The summed E-state index contributed by atoms with van der Waals surface area (Å²) in [6.07, 6.45) is 0. The molecule has 1 rings (SSSR count). The van der Waals surface area contributed by atoms with Gasteiger partial charge in [0.2, 0.25) is 0 Å². The van der Waals surface area contributed by atoms with Gasteiger partial charge < -0.3 is 10.8 Å². The monoisotopic (exact) mass is 185 g/mol. The quantitative estimate of drug-likeness (QED) is 0.465. The zero-order valence-corrected chi connectivity index (χ0v) is 5.24. The third-order valence-corrected chi connectivity index (χ3v) is 1.19.